The van der Waals surface area contributed by atoms with E-state index < -0.39 is 0 Å². The van der Waals surface area contributed by atoms with Crippen LogP contribution in [0.1, 0.15) is 11.1 Å². The molecule has 0 saturated carbocycles. The van der Waals surface area contributed by atoms with E-state index in [0.29, 0.717) is 12.8 Å². The van der Waals surface area contributed by atoms with Crippen LogP contribution < -0.4 is 0 Å². The molecule has 0 saturated heterocycles. The Morgan fingerprint density at radius 2 is 1.38 bits per heavy atom. The normalized spacial score (nSPS) is 10.7. The highest BCUT2D eigenvalue weighted by atomic mass is 79.9. The maximum absolute atomic E-state index is 12.2. The second-order valence-corrected chi connectivity index (χ2v) is 6.12. The van der Waals surface area contributed by atoms with Crippen molar-refractivity contribution in [1.29, 1.82) is 0 Å². The van der Waals surface area contributed by atoms with E-state index in [1.807, 2.05) is 42.5 Å². The average molecular weight is 339 g/mol. The number of carbonyl (C=O) groups excluding carboxylic acids is 1. The van der Waals surface area contributed by atoms with Crippen molar-refractivity contribution in [2.75, 3.05) is 0 Å². The Morgan fingerprint density at radius 1 is 0.762 bits per heavy atom. The van der Waals surface area contributed by atoms with Gasteiger partial charge in [0.2, 0.25) is 0 Å². The van der Waals surface area contributed by atoms with Gasteiger partial charge in [0.05, 0.1) is 0 Å². The third kappa shape index (κ3) is 3.59. The van der Waals surface area contributed by atoms with Crippen LogP contribution in [0.3, 0.4) is 0 Å². The zero-order valence-electron chi connectivity index (χ0n) is 11.6. The Hall–Kier alpha value is -1.93. The predicted molar refractivity (Wildman–Crippen MR) is 90.5 cm³/mol. The van der Waals surface area contributed by atoms with Crippen LogP contribution in [0.4, 0.5) is 0 Å². The van der Waals surface area contributed by atoms with Gasteiger partial charge >= 0.3 is 0 Å². The number of hydrogen-bond acceptors (Lipinski definition) is 1. The van der Waals surface area contributed by atoms with E-state index in [0.717, 1.165) is 15.6 Å². The van der Waals surface area contributed by atoms with Crippen LogP contribution in [0.5, 0.6) is 0 Å². The first-order valence-electron chi connectivity index (χ1n) is 6.94. The first-order valence-corrected chi connectivity index (χ1v) is 7.74. The molecule has 0 heterocycles. The van der Waals surface area contributed by atoms with Crippen LogP contribution in [0.15, 0.2) is 71.2 Å². The lowest BCUT2D eigenvalue weighted by Crippen LogP contribution is -2.06. The number of hydrogen-bond donors (Lipinski definition) is 0. The van der Waals surface area contributed by atoms with Gasteiger partial charge in [-0.3, -0.25) is 4.79 Å². The highest BCUT2D eigenvalue weighted by Crippen LogP contribution is 2.17. The van der Waals surface area contributed by atoms with Crippen molar-refractivity contribution in [3.05, 3.63) is 82.3 Å². The number of halogens is 1. The third-order valence-electron chi connectivity index (χ3n) is 3.53. The maximum Gasteiger partial charge on any atom is 0.141 e. The van der Waals surface area contributed by atoms with Crippen molar-refractivity contribution in [3.63, 3.8) is 0 Å². The second kappa shape index (κ2) is 6.23. The third-order valence-corrected chi connectivity index (χ3v) is 4.06. The monoisotopic (exact) mass is 338 g/mol. The smallest absolute Gasteiger partial charge is 0.141 e. The highest BCUT2D eigenvalue weighted by Gasteiger charge is 2.06. The predicted octanol–water partition coefficient (Wildman–Crippen LogP) is 4.96. The summed E-state index contributed by atoms with van der Waals surface area (Å²) >= 11 is 3.40. The fourth-order valence-electron chi connectivity index (χ4n) is 2.47. The van der Waals surface area contributed by atoms with Crippen molar-refractivity contribution in [1.82, 2.24) is 0 Å². The number of carbonyl (C=O) groups is 1. The van der Waals surface area contributed by atoms with Crippen molar-refractivity contribution >= 4 is 32.5 Å². The van der Waals surface area contributed by atoms with Gasteiger partial charge in [0.1, 0.15) is 5.78 Å². The molecule has 0 fully saturated rings. The Morgan fingerprint density at radius 3 is 2.14 bits per heavy atom. The quantitative estimate of drug-likeness (QED) is 0.657. The van der Waals surface area contributed by atoms with Gasteiger partial charge in [0.25, 0.3) is 0 Å². The molecule has 1 nitrogen and oxygen atoms in total. The molecule has 0 aliphatic carbocycles. The van der Waals surface area contributed by atoms with Crippen LogP contribution in [0, 0.1) is 0 Å². The van der Waals surface area contributed by atoms with Gasteiger partial charge < -0.3 is 0 Å². The molecule has 3 aromatic carbocycles. The van der Waals surface area contributed by atoms with Gasteiger partial charge in [0.15, 0.2) is 0 Å². The lowest BCUT2D eigenvalue weighted by Gasteiger charge is -2.04. The standard InChI is InChI=1S/C19H15BrO/c20-18-9-6-14(7-10-18)12-19(21)13-15-5-8-16-3-1-2-4-17(16)11-15/h1-11H,12-13H2. The van der Waals surface area contributed by atoms with E-state index in [1.165, 1.54) is 10.8 Å². The molecule has 0 aliphatic heterocycles. The summed E-state index contributed by atoms with van der Waals surface area (Å²) in [6.07, 6.45) is 0.973. The molecule has 104 valence electrons. The van der Waals surface area contributed by atoms with Crippen molar-refractivity contribution < 1.29 is 4.79 Å². The van der Waals surface area contributed by atoms with Crippen LogP contribution in [-0.2, 0) is 17.6 Å². The molecule has 0 bridgehead atoms. The zero-order chi connectivity index (χ0) is 14.7. The summed E-state index contributed by atoms with van der Waals surface area (Å²) < 4.78 is 1.04. The van der Waals surface area contributed by atoms with Crippen molar-refractivity contribution in [2.24, 2.45) is 0 Å². The van der Waals surface area contributed by atoms with E-state index in [-0.39, 0.29) is 5.78 Å². The molecule has 0 amide bonds. The van der Waals surface area contributed by atoms with Gasteiger partial charge in [-0.1, -0.05) is 70.5 Å². The number of Topliss-reactive ketones (excluding diaryl/α,β-unsaturated/α-hetero) is 1. The fraction of sp³-hybridized carbons (Fsp3) is 0.105. The number of rotatable bonds is 4. The lowest BCUT2D eigenvalue weighted by atomic mass is 10.0. The summed E-state index contributed by atoms with van der Waals surface area (Å²) in [5.41, 5.74) is 2.14. The van der Waals surface area contributed by atoms with E-state index in [1.54, 1.807) is 0 Å². The molecule has 0 spiro atoms. The number of fused-ring (bicyclic) bond motifs is 1. The van der Waals surface area contributed by atoms with E-state index >= 15 is 0 Å². The molecule has 3 rings (SSSR count). The zero-order valence-corrected chi connectivity index (χ0v) is 13.1. The minimum absolute atomic E-state index is 0.243. The SMILES string of the molecule is O=C(Cc1ccc(Br)cc1)Cc1ccc2ccccc2c1. The second-order valence-electron chi connectivity index (χ2n) is 5.20. The Bertz CT molecular complexity index is 775. The van der Waals surface area contributed by atoms with Crippen molar-refractivity contribution in [2.45, 2.75) is 12.8 Å². The molecule has 0 radical (unpaired) electrons. The summed E-state index contributed by atoms with van der Waals surface area (Å²) in [5, 5.41) is 2.40. The molecule has 0 N–H and O–H groups in total. The van der Waals surface area contributed by atoms with Gasteiger partial charge in [-0.25, -0.2) is 0 Å². The van der Waals surface area contributed by atoms with E-state index in [2.05, 4.69) is 40.2 Å². The topological polar surface area (TPSA) is 17.1 Å². The summed E-state index contributed by atoms with van der Waals surface area (Å²) in [6.45, 7) is 0. The fourth-order valence-corrected chi connectivity index (χ4v) is 2.73. The Kier molecular flexibility index (Phi) is 4.16. The van der Waals surface area contributed by atoms with E-state index in [4.69, 9.17) is 0 Å². The maximum atomic E-state index is 12.2. The summed E-state index contributed by atoms with van der Waals surface area (Å²) in [5.74, 6) is 0.243. The molecular weight excluding hydrogens is 324 g/mol. The van der Waals surface area contributed by atoms with Crippen LogP contribution in [-0.4, -0.2) is 5.78 Å². The first-order chi connectivity index (χ1) is 10.2. The van der Waals surface area contributed by atoms with Crippen LogP contribution in [0.25, 0.3) is 10.8 Å². The number of benzene rings is 3. The average Bonchev–Trinajstić information content (AvgIpc) is 2.49. The van der Waals surface area contributed by atoms with Gasteiger partial charge in [-0.05, 0) is 34.0 Å². The molecule has 3 aromatic rings. The highest BCUT2D eigenvalue weighted by molar-refractivity contribution is 9.10. The minimum Gasteiger partial charge on any atom is -0.299 e. The molecule has 0 unspecified atom stereocenters. The largest absolute Gasteiger partial charge is 0.299 e. The first kappa shape index (κ1) is 14.0. The molecule has 21 heavy (non-hydrogen) atoms. The molecule has 0 aliphatic rings. The van der Waals surface area contributed by atoms with Gasteiger partial charge in [-0.2, -0.15) is 0 Å². The molecular formula is C19H15BrO. The lowest BCUT2D eigenvalue weighted by molar-refractivity contribution is -0.117. The Balaban J connectivity index is 1.72. The van der Waals surface area contributed by atoms with E-state index in [9.17, 15) is 4.79 Å². The summed E-state index contributed by atoms with van der Waals surface area (Å²) in [4.78, 5) is 12.2. The Labute approximate surface area is 132 Å². The molecule has 2 heteroatoms. The summed E-state index contributed by atoms with van der Waals surface area (Å²) in [7, 11) is 0. The molecule has 0 atom stereocenters. The van der Waals surface area contributed by atoms with Gasteiger partial charge in [0, 0.05) is 17.3 Å². The van der Waals surface area contributed by atoms with Gasteiger partial charge in [-0.15, -0.1) is 0 Å². The minimum atomic E-state index is 0.243. The summed E-state index contributed by atoms with van der Waals surface area (Å²) in [6, 6.07) is 22.4. The van der Waals surface area contributed by atoms with Crippen molar-refractivity contribution in [3.8, 4) is 0 Å². The molecule has 0 aromatic heterocycles. The van der Waals surface area contributed by atoms with Crippen LogP contribution in [0.2, 0.25) is 0 Å². The number of ketones is 1. The van der Waals surface area contributed by atoms with Crippen LogP contribution >= 0.6 is 15.9 Å².